The smallest absolute Gasteiger partial charge is 0.286 e. The summed E-state index contributed by atoms with van der Waals surface area (Å²) in [4.78, 5) is 13.2. The fourth-order valence-corrected chi connectivity index (χ4v) is 2.69. The van der Waals surface area contributed by atoms with Gasteiger partial charge in [-0.1, -0.05) is 23.4 Å². The molecule has 106 valence electrons. The molecule has 0 radical (unpaired) electrons. The number of methoxy groups -OCH3 is 2. The van der Waals surface area contributed by atoms with E-state index in [-0.39, 0.29) is 10.6 Å². The molecule has 0 aliphatic heterocycles. The van der Waals surface area contributed by atoms with Crippen molar-refractivity contribution in [2.45, 2.75) is 9.79 Å². The second-order valence-electron chi connectivity index (χ2n) is 3.87. The molecular formula is C13H13ClN2O3S. The second-order valence-corrected chi connectivity index (χ2v) is 5.36. The molecule has 1 aromatic carbocycles. The predicted molar refractivity (Wildman–Crippen MR) is 78.2 cm³/mol. The first kappa shape index (κ1) is 14.7. The Hall–Kier alpha value is -1.66. The van der Waals surface area contributed by atoms with Crippen molar-refractivity contribution >= 4 is 23.4 Å². The molecule has 5 nitrogen and oxygen atoms in total. The molecule has 7 heteroatoms. The first-order valence-corrected chi connectivity index (χ1v) is 6.88. The van der Waals surface area contributed by atoms with Crippen LogP contribution >= 0.6 is 23.4 Å². The minimum Gasteiger partial charge on any atom is -0.493 e. The van der Waals surface area contributed by atoms with Crippen molar-refractivity contribution in [2.24, 2.45) is 7.05 Å². The quantitative estimate of drug-likeness (QED) is 0.868. The van der Waals surface area contributed by atoms with Crippen LogP contribution in [-0.4, -0.2) is 24.0 Å². The van der Waals surface area contributed by atoms with Gasteiger partial charge >= 0.3 is 0 Å². The molecule has 2 rings (SSSR count). The fourth-order valence-electron chi connectivity index (χ4n) is 1.57. The van der Waals surface area contributed by atoms with Crippen molar-refractivity contribution in [1.29, 1.82) is 0 Å². The highest BCUT2D eigenvalue weighted by molar-refractivity contribution is 7.99. The first-order chi connectivity index (χ1) is 9.56. The van der Waals surface area contributed by atoms with Gasteiger partial charge in [0.15, 0.2) is 11.5 Å². The van der Waals surface area contributed by atoms with E-state index in [2.05, 4.69) is 5.10 Å². The summed E-state index contributed by atoms with van der Waals surface area (Å²) in [5.41, 5.74) is -0.322. The lowest BCUT2D eigenvalue weighted by Gasteiger charge is -2.09. The van der Waals surface area contributed by atoms with Gasteiger partial charge in [0.25, 0.3) is 5.56 Å². The van der Waals surface area contributed by atoms with Gasteiger partial charge < -0.3 is 9.47 Å². The number of halogens is 1. The third kappa shape index (κ3) is 2.91. The molecule has 0 atom stereocenters. The molecule has 0 aliphatic carbocycles. The lowest BCUT2D eigenvalue weighted by Crippen LogP contribution is -2.19. The molecule has 0 aliphatic rings. The normalized spacial score (nSPS) is 10.4. The Morgan fingerprint density at radius 2 is 1.95 bits per heavy atom. The zero-order valence-electron chi connectivity index (χ0n) is 11.2. The van der Waals surface area contributed by atoms with Crippen LogP contribution in [0.15, 0.2) is 39.0 Å². The summed E-state index contributed by atoms with van der Waals surface area (Å²) in [6.07, 6.45) is 1.56. The highest BCUT2D eigenvalue weighted by Gasteiger charge is 2.11. The maximum atomic E-state index is 11.7. The molecule has 0 fully saturated rings. The molecule has 0 N–H and O–H groups in total. The van der Waals surface area contributed by atoms with E-state index in [0.717, 1.165) is 4.90 Å². The molecule has 20 heavy (non-hydrogen) atoms. The lowest BCUT2D eigenvalue weighted by molar-refractivity contribution is 0.354. The van der Waals surface area contributed by atoms with Crippen LogP contribution in [0.4, 0.5) is 0 Å². The van der Waals surface area contributed by atoms with Gasteiger partial charge in [-0.15, -0.1) is 0 Å². The minimum absolute atomic E-state index is 0.155. The van der Waals surface area contributed by atoms with Crippen LogP contribution in [-0.2, 0) is 7.05 Å². The van der Waals surface area contributed by atoms with E-state index in [9.17, 15) is 4.79 Å². The Labute approximate surface area is 125 Å². The molecular weight excluding hydrogens is 300 g/mol. The van der Waals surface area contributed by atoms with Crippen molar-refractivity contribution in [3.63, 3.8) is 0 Å². The Morgan fingerprint density at radius 1 is 1.25 bits per heavy atom. The highest BCUT2D eigenvalue weighted by Crippen LogP contribution is 2.36. The topological polar surface area (TPSA) is 53.4 Å². The molecule has 1 aromatic heterocycles. The van der Waals surface area contributed by atoms with Gasteiger partial charge in [-0.25, -0.2) is 4.68 Å². The Kier molecular flexibility index (Phi) is 4.57. The first-order valence-electron chi connectivity index (χ1n) is 5.68. The monoisotopic (exact) mass is 312 g/mol. The number of aryl methyl sites for hydroxylation is 1. The van der Waals surface area contributed by atoms with Crippen LogP contribution in [0.25, 0.3) is 0 Å². The van der Waals surface area contributed by atoms with E-state index in [1.165, 1.54) is 16.4 Å². The SMILES string of the molecule is COc1ccc(Sc2cnn(C)c(=O)c2Cl)cc1OC. The van der Waals surface area contributed by atoms with Crippen LogP contribution in [0.3, 0.4) is 0 Å². The van der Waals surface area contributed by atoms with Gasteiger partial charge in [0.05, 0.1) is 25.3 Å². The van der Waals surface area contributed by atoms with E-state index in [4.69, 9.17) is 21.1 Å². The number of benzene rings is 1. The number of hydrogen-bond donors (Lipinski definition) is 0. The number of ether oxygens (including phenoxy) is 2. The van der Waals surface area contributed by atoms with Crippen molar-refractivity contribution in [3.8, 4) is 11.5 Å². The largest absolute Gasteiger partial charge is 0.493 e. The van der Waals surface area contributed by atoms with Gasteiger partial charge in [-0.05, 0) is 18.2 Å². The van der Waals surface area contributed by atoms with Crippen molar-refractivity contribution in [3.05, 3.63) is 39.8 Å². The molecule has 0 saturated carbocycles. The summed E-state index contributed by atoms with van der Waals surface area (Å²) in [6, 6.07) is 5.47. The number of aromatic nitrogens is 2. The third-order valence-corrected chi connectivity index (χ3v) is 4.13. The summed E-state index contributed by atoms with van der Waals surface area (Å²) >= 11 is 7.37. The number of hydrogen-bond acceptors (Lipinski definition) is 5. The van der Waals surface area contributed by atoms with E-state index < -0.39 is 0 Å². The lowest BCUT2D eigenvalue weighted by atomic mass is 10.3. The Balaban J connectivity index is 2.35. The van der Waals surface area contributed by atoms with Crippen LogP contribution in [0.1, 0.15) is 0 Å². The molecule has 0 saturated heterocycles. The van der Waals surface area contributed by atoms with Gasteiger partial charge in [-0.2, -0.15) is 5.10 Å². The van der Waals surface area contributed by atoms with E-state index in [0.29, 0.717) is 16.4 Å². The van der Waals surface area contributed by atoms with Crippen LogP contribution < -0.4 is 15.0 Å². The van der Waals surface area contributed by atoms with Crippen molar-refractivity contribution in [1.82, 2.24) is 9.78 Å². The number of nitrogens with zero attached hydrogens (tertiary/aromatic N) is 2. The summed E-state index contributed by atoms with van der Waals surface area (Å²) in [6.45, 7) is 0. The third-order valence-electron chi connectivity index (χ3n) is 2.63. The molecule has 2 aromatic rings. The molecule has 1 heterocycles. The van der Waals surface area contributed by atoms with Gasteiger partial charge in [0.1, 0.15) is 5.02 Å². The standard InChI is InChI=1S/C13H13ClN2O3S/c1-16-13(17)12(14)11(7-15-16)20-8-4-5-9(18-2)10(6-8)19-3/h4-7H,1-3H3. The minimum atomic E-state index is -0.322. The average molecular weight is 313 g/mol. The maximum Gasteiger partial charge on any atom is 0.286 e. The van der Waals surface area contributed by atoms with E-state index in [1.807, 2.05) is 12.1 Å². The average Bonchev–Trinajstić information content (AvgIpc) is 2.47. The predicted octanol–water partition coefficient (Wildman–Crippen LogP) is 2.60. The molecule has 0 amide bonds. The maximum absolute atomic E-state index is 11.7. The fraction of sp³-hybridized carbons (Fsp3) is 0.231. The highest BCUT2D eigenvalue weighted by atomic mass is 35.5. The zero-order valence-corrected chi connectivity index (χ0v) is 12.8. The van der Waals surface area contributed by atoms with Crippen LogP contribution in [0.2, 0.25) is 5.02 Å². The summed E-state index contributed by atoms with van der Waals surface area (Å²) < 4.78 is 11.6. The number of rotatable bonds is 4. The van der Waals surface area contributed by atoms with E-state index in [1.54, 1.807) is 33.5 Å². The van der Waals surface area contributed by atoms with Gasteiger partial charge in [-0.3, -0.25) is 4.79 Å². The van der Waals surface area contributed by atoms with Crippen LogP contribution in [0, 0.1) is 0 Å². The van der Waals surface area contributed by atoms with E-state index >= 15 is 0 Å². The van der Waals surface area contributed by atoms with Crippen LogP contribution in [0.5, 0.6) is 11.5 Å². The second kappa shape index (κ2) is 6.19. The van der Waals surface area contributed by atoms with Gasteiger partial charge in [0.2, 0.25) is 0 Å². The van der Waals surface area contributed by atoms with Gasteiger partial charge in [0, 0.05) is 11.9 Å². The van der Waals surface area contributed by atoms with Crippen molar-refractivity contribution in [2.75, 3.05) is 14.2 Å². The molecule has 0 spiro atoms. The summed E-state index contributed by atoms with van der Waals surface area (Å²) in [5.74, 6) is 1.26. The summed E-state index contributed by atoms with van der Waals surface area (Å²) in [7, 11) is 4.70. The summed E-state index contributed by atoms with van der Waals surface area (Å²) in [5, 5.41) is 4.11. The van der Waals surface area contributed by atoms with Crippen molar-refractivity contribution < 1.29 is 9.47 Å². The zero-order chi connectivity index (χ0) is 14.7. The molecule has 0 bridgehead atoms. The molecule has 0 unspecified atom stereocenters. The Bertz CT molecular complexity index is 688. The Morgan fingerprint density at radius 3 is 2.60 bits per heavy atom.